The van der Waals surface area contributed by atoms with Crippen LogP contribution < -0.4 is 5.32 Å². The summed E-state index contributed by atoms with van der Waals surface area (Å²) >= 11 is 0. The lowest BCUT2D eigenvalue weighted by atomic mass is 9.47. The average molecular weight is 546 g/mol. The fourth-order valence-electron chi connectivity index (χ4n) is 9.11. The Morgan fingerprint density at radius 2 is 1.95 bits per heavy atom. The zero-order valence-corrected chi connectivity index (χ0v) is 25.3. The molecule has 8 atom stereocenters. The molecule has 39 heavy (non-hydrogen) atoms. The van der Waals surface area contributed by atoms with Crippen molar-refractivity contribution >= 4 is 5.71 Å². The zero-order valence-electron chi connectivity index (χ0n) is 25.3. The monoisotopic (exact) mass is 545 g/mol. The maximum absolute atomic E-state index is 12.6. The van der Waals surface area contributed by atoms with E-state index in [2.05, 4.69) is 64.3 Å². The molecule has 8 unspecified atom stereocenters. The maximum atomic E-state index is 12.6. The second-order valence-corrected chi connectivity index (χ2v) is 13.1. The first-order chi connectivity index (χ1) is 18.1. The molecule has 3 aliphatic carbocycles. The van der Waals surface area contributed by atoms with E-state index >= 15 is 0 Å². The minimum Gasteiger partial charge on any atom is -0.399 e. The van der Waals surface area contributed by atoms with Gasteiger partial charge < -0.3 is 10.2 Å². The van der Waals surface area contributed by atoms with Crippen LogP contribution in [-0.2, 0) is 4.84 Å². The summed E-state index contributed by atoms with van der Waals surface area (Å²) in [6.07, 6.45) is 18.3. The van der Waals surface area contributed by atoms with Crippen molar-refractivity contribution in [2.75, 3.05) is 20.2 Å². The SMILES string of the molecule is C.C=C/C=C1/CCC2C(CCC3(C)C(/C(C)=N/OC)CCC23)C1(C)CCC.C=CN(F)CCC1CC(C)CN1. The lowest BCUT2D eigenvalue weighted by Crippen LogP contribution is -2.50. The van der Waals surface area contributed by atoms with E-state index in [-0.39, 0.29) is 7.43 Å². The van der Waals surface area contributed by atoms with Crippen LogP contribution in [0.25, 0.3) is 0 Å². The van der Waals surface area contributed by atoms with Crippen molar-refractivity contribution in [2.45, 2.75) is 112 Å². The molecular formula is C34H60FN3O. The van der Waals surface area contributed by atoms with Crippen LogP contribution in [0, 0.1) is 40.4 Å². The Labute approximate surface area is 240 Å². The second-order valence-electron chi connectivity index (χ2n) is 13.1. The molecule has 1 N–H and O–H groups in total. The molecule has 4 fully saturated rings. The predicted octanol–water partition coefficient (Wildman–Crippen LogP) is 9.12. The quantitative estimate of drug-likeness (QED) is 0.178. The first-order valence-electron chi connectivity index (χ1n) is 15.3. The van der Waals surface area contributed by atoms with Crippen LogP contribution >= 0.6 is 0 Å². The van der Waals surface area contributed by atoms with Gasteiger partial charge in [-0.05, 0) is 106 Å². The third-order valence-electron chi connectivity index (χ3n) is 10.9. The summed E-state index contributed by atoms with van der Waals surface area (Å²) in [6.45, 7) is 20.7. The van der Waals surface area contributed by atoms with Crippen molar-refractivity contribution in [3.63, 3.8) is 0 Å². The number of rotatable bonds is 9. The lowest BCUT2D eigenvalue weighted by Gasteiger charge is -2.57. The van der Waals surface area contributed by atoms with E-state index in [1.54, 1.807) is 12.7 Å². The number of allylic oxidation sites excluding steroid dienone is 3. The van der Waals surface area contributed by atoms with E-state index in [1.165, 1.54) is 69.7 Å². The number of hydrogen-bond donors (Lipinski definition) is 1. The molecule has 0 spiro atoms. The van der Waals surface area contributed by atoms with Gasteiger partial charge in [0.2, 0.25) is 0 Å². The summed E-state index contributed by atoms with van der Waals surface area (Å²) in [4.78, 5) is 5.12. The van der Waals surface area contributed by atoms with Gasteiger partial charge in [0, 0.05) is 18.2 Å². The Morgan fingerprint density at radius 1 is 1.21 bits per heavy atom. The molecule has 0 radical (unpaired) electrons. The van der Waals surface area contributed by atoms with Gasteiger partial charge in [0.05, 0.1) is 12.3 Å². The molecule has 1 saturated heterocycles. The fourth-order valence-corrected chi connectivity index (χ4v) is 9.11. The first kappa shape index (κ1) is 33.6. The number of halogens is 1. The van der Waals surface area contributed by atoms with Crippen LogP contribution in [0.3, 0.4) is 0 Å². The largest absolute Gasteiger partial charge is 0.399 e. The van der Waals surface area contributed by atoms with E-state index < -0.39 is 0 Å². The Balaban J connectivity index is 0.000000346. The molecular weight excluding hydrogens is 485 g/mol. The number of nitrogens with one attached hydrogen (secondary N) is 1. The van der Waals surface area contributed by atoms with E-state index in [0.29, 0.717) is 34.5 Å². The molecule has 224 valence electrons. The Bertz CT molecular complexity index is 855. The van der Waals surface area contributed by atoms with Gasteiger partial charge in [-0.15, -0.1) is 4.48 Å². The summed E-state index contributed by atoms with van der Waals surface area (Å²) in [6, 6.07) is 0.498. The van der Waals surface area contributed by atoms with Crippen molar-refractivity contribution < 1.29 is 9.32 Å². The third-order valence-corrected chi connectivity index (χ3v) is 10.9. The molecule has 0 bridgehead atoms. The Kier molecular flexibility index (Phi) is 12.8. The van der Waals surface area contributed by atoms with Gasteiger partial charge in [-0.3, -0.25) is 0 Å². The number of hydrogen-bond acceptors (Lipinski definition) is 4. The van der Waals surface area contributed by atoms with Gasteiger partial charge >= 0.3 is 0 Å². The van der Waals surface area contributed by atoms with Crippen LogP contribution in [0.15, 0.2) is 42.2 Å². The molecule has 1 heterocycles. The lowest BCUT2D eigenvalue weighted by molar-refractivity contribution is -0.0411. The Morgan fingerprint density at radius 3 is 2.54 bits per heavy atom. The summed E-state index contributed by atoms with van der Waals surface area (Å²) in [5, 5.41) is 8.34. The minimum absolute atomic E-state index is 0. The number of nitrogens with zero attached hydrogens (tertiary/aromatic N) is 2. The highest BCUT2D eigenvalue weighted by molar-refractivity contribution is 5.85. The van der Waals surface area contributed by atoms with Crippen molar-refractivity contribution in [2.24, 2.45) is 45.6 Å². The first-order valence-corrected chi connectivity index (χ1v) is 15.3. The van der Waals surface area contributed by atoms with E-state index in [1.807, 2.05) is 6.08 Å². The highest BCUT2D eigenvalue weighted by Gasteiger charge is 2.58. The van der Waals surface area contributed by atoms with Gasteiger partial charge in [-0.25, -0.2) is 5.12 Å². The molecule has 0 aromatic rings. The highest BCUT2D eigenvalue weighted by Crippen LogP contribution is 2.66. The smallest absolute Gasteiger partial charge is 0.106 e. The Hall–Kier alpha value is -1.62. The minimum atomic E-state index is 0. The van der Waals surface area contributed by atoms with Crippen molar-refractivity contribution in [3.8, 4) is 0 Å². The predicted molar refractivity (Wildman–Crippen MR) is 166 cm³/mol. The average Bonchev–Trinajstić information content (AvgIpc) is 3.47. The van der Waals surface area contributed by atoms with Crippen LogP contribution in [0.5, 0.6) is 0 Å². The van der Waals surface area contributed by atoms with Gasteiger partial charge in [0.15, 0.2) is 0 Å². The van der Waals surface area contributed by atoms with Crippen molar-refractivity contribution in [1.82, 2.24) is 10.4 Å². The second kappa shape index (κ2) is 14.8. The number of oxime groups is 1. The van der Waals surface area contributed by atoms with Crippen LogP contribution in [-0.4, -0.2) is 37.1 Å². The normalized spacial score (nSPS) is 38.5. The molecule has 3 saturated carbocycles. The molecule has 4 aliphatic rings. The van der Waals surface area contributed by atoms with Gasteiger partial charge in [0.1, 0.15) is 7.11 Å². The molecule has 0 amide bonds. The number of fused-ring (bicyclic) bond motifs is 3. The molecule has 5 heteroatoms. The van der Waals surface area contributed by atoms with Gasteiger partial charge in [-0.1, -0.05) is 77.6 Å². The maximum Gasteiger partial charge on any atom is 0.106 e. The van der Waals surface area contributed by atoms with E-state index in [0.717, 1.165) is 36.6 Å². The van der Waals surface area contributed by atoms with E-state index in [4.69, 9.17) is 4.84 Å². The summed E-state index contributed by atoms with van der Waals surface area (Å²) in [5.41, 5.74) is 3.68. The third kappa shape index (κ3) is 7.37. The topological polar surface area (TPSA) is 36.9 Å². The summed E-state index contributed by atoms with van der Waals surface area (Å²) in [7, 11) is 1.68. The van der Waals surface area contributed by atoms with Gasteiger partial charge in [0.25, 0.3) is 0 Å². The van der Waals surface area contributed by atoms with Crippen LogP contribution in [0.2, 0.25) is 0 Å². The van der Waals surface area contributed by atoms with Crippen LogP contribution in [0.4, 0.5) is 4.48 Å². The molecule has 4 nitrogen and oxygen atoms in total. The summed E-state index contributed by atoms with van der Waals surface area (Å²) < 4.78 is 12.6. The molecule has 4 rings (SSSR count). The molecule has 0 aromatic carbocycles. The van der Waals surface area contributed by atoms with Crippen molar-refractivity contribution in [1.29, 1.82) is 0 Å². The van der Waals surface area contributed by atoms with Crippen LogP contribution in [0.1, 0.15) is 106 Å². The van der Waals surface area contributed by atoms with E-state index in [9.17, 15) is 4.48 Å². The molecule has 1 aliphatic heterocycles. The van der Waals surface area contributed by atoms with Crippen molar-refractivity contribution in [3.05, 3.63) is 37.1 Å². The fraction of sp³-hybridized carbons (Fsp3) is 0.794. The molecule has 0 aromatic heterocycles. The highest BCUT2D eigenvalue weighted by atomic mass is 19.2. The zero-order chi connectivity index (χ0) is 27.9. The van der Waals surface area contributed by atoms with Gasteiger partial charge in [-0.2, -0.15) is 0 Å². The standard InChI is InChI=1S/C24H39NO.C9H17FN2.CH4/c1-7-9-18-10-11-19-21-13-12-20(17(3)25-26-6)24(21,5)16-14-22(19)23(18,4)15-8-2;1-3-12(10)5-4-9-6-8(2)7-11-9;/h7,9,19-22H,1,8,10-16H2,2-6H3;3,8-9,11H,1,4-7H2,2H3;1H4/b18-9-,25-17+;;. The summed E-state index contributed by atoms with van der Waals surface area (Å²) in [5.74, 6) is 3.93.